The molecule has 0 spiro atoms. The van der Waals surface area contributed by atoms with Crippen LogP contribution in [-0.4, -0.2) is 11.5 Å². The molecule has 1 atom stereocenters. The topological polar surface area (TPSA) is 38.9 Å². The van der Waals surface area contributed by atoms with E-state index in [0.29, 0.717) is 16.6 Å². The van der Waals surface area contributed by atoms with Crippen molar-refractivity contribution in [1.29, 1.82) is 0 Å². The van der Waals surface area contributed by atoms with E-state index in [1.807, 2.05) is 24.3 Å². The number of hydrogen-bond acceptors (Lipinski definition) is 2. The molecule has 0 aliphatic heterocycles. The highest BCUT2D eigenvalue weighted by molar-refractivity contribution is 6.42. The maximum absolute atomic E-state index is 6.21. The third kappa shape index (κ3) is 2.60. The Bertz CT molecular complexity index is 500. The molecule has 0 aliphatic rings. The summed E-state index contributed by atoms with van der Waals surface area (Å²) in [4.78, 5) is 4.10. The van der Waals surface area contributed by atoms with Crippen LogP contribution in [-0.2, 0) is 0 Å². The van der Waals surface area contributed by atoms with Crippen LogP contribution in [0.3, 0.4) is 0 Å². The van der Waals surface area contributed by atoms with Crippen LogP contribution >= 0.6 is 23.2 Å². The van der Waals surface area contributed by atoms with Gasteiger partial charge in [0.15, 0.2) is 0 Å². The molecule has 0 saturated heterocycles. The highest BCUT2D eigenvalue weighted by Gasteiger charge is 2.16. The second-order valence-electron chi connectivity index (χ2n) is 3.72. The van der Waals surface area contributed by atoms with Crippen molar-refractivity contribution in [2.24, 2.45) is 5.73 Å². The summed E-state index contributed by atoms with van der Waals surface area (Å²) in [5, 5.41) is 1.11. The highest BCUT2D eigenvalue weighted by Crippen LogP contribution is 2.33. The second-order valence-corrected chi connectivity index (χ2v) is 4.50. The average Bonchev–Trinajstić information content (AvgIpc) is 2.37. The van der Waals surface area contributed by atoms with Crippen molar-refractivity contribution in [1.82, 2.24) is 4.98 Å². The maximum atomic E-state index is 6.21. The van der Waals surface area contributed by atoms with Gasteiger partial charge in [0.1, 0.15) is 0 Å². The molecule has 0 fully saturated rings. The Morgan fingerprint density at radius 1 is 1.18 bits per heavy atom. The van der Waals surface area contributed by atoms with Gasteiger partial charge >= 0.3 is 0 Å². The van der Waals surface area contributed by atoms with Gasteiger partial charge in [-0.15, -0.1) is 0 Å². The number of halogens is 2. The summed E-state index contributed by atoms with van der Waals surface area (Å²) in [6.07, 6.45) is 3.53. The summed E-state index contributed by atoms with van der Waals surface area (Å²) in [7, 11) is 0. The first kappa shape index (κ1) is 12.4. The first-order valence-corrected chi connectivity index (χ1v) is 6.03. The van der Waals surface area contributed by atoms with E-state index in [0.717, 1.165) is 11.1 Å². The summed E-state index contributed by atoms with van der Waals surface area (Å²) in [5.41, 5.74) is 7.81. The highest BCUT2D eigenvalue weighted by atomic mass is 35.5. The Kier molecular flexibility index (Phi) is 4.00. The molecule has 0 amide bonds. The van der Waals surface area contributed by atoms with E-state index >= 15 is 0 Å². The maximum Gasteiger partial charge on any atom is 0.0630 e. The van der Waals surface area contributed by atoms with Crippen molar-refractivity contribution >= 4 is 23.2 Å². The Balaban J connectivity index is 2.46. The number of benzene rings is 1. The lowest BCUT2D eigenvalue weighted by atomic mass is 9.92. The quantitative estimate of drug-likeness (QED) is 0.924. The molecule has 0 saturated carbocycles. The Hall–Kier alpha value is -1.09. The van der Waals surface area contributed by atoms with E-state index in [2.05, 4.69) is 4.98 Å². The van der Waals surface area contributed by atoms with Gasteiger partial charge in [0.2, 0.25) is 0 Å². The largest absolute Gasteiger partial charge is 0.330 e. The van der Waals surface area contributed by atoms with E-state index in [-0.39, 0.29) is 5.92 Å². The fourth-order valence-electron chi connectivity index (χ4n) is 1.81. The van der Waals surface area contributed by atoms with Gasteiger partial charge in [-0.2, -0.15) is 0 Å². The molecule has 2 aromatic rings. The van der Waals surface area contributed by atoms with Crippen molar-refractivity contribution in [3.05, 3.63) is 63.9 Å². The fraction of sp³-hybridized carbons (Fsp3) is 0.154. The molecular weight excluding hydrogens is 255 g/mol. The molecule has 2 rings (SSSR count). The number of aromatic nitrogens is 1. The number of pyridine rings is 1. The third-order valence-corrected chi connectivity index (χ3v) is 3.51. The molecule has 88 valence electrons. The first-order chi connectivity index (χ1) is 8.24. The second kappa shape index (κ2) is 5.50. The number of nitrogens with zero attached hydrogens (tertiary/aromatic N) is 1. The van der Waals surface area contributed by atoms with Crippen LogP contribution in [0, 0.1) is 0 Å². The van der Waals surface area contributed by atoms with Crippen LogP contribution in [0.4, 0.5) is 0 Å². The number of nitrogens with two attached hydrogens (primary N) is 1. The molecule has 4 heteroatoms. The van der Waals surface area contributed by atoms with Gasteiger partial charge in [-0.3, -0.25) is 4.98 Å². The van der Waals surface area contributed by atoms with Crippen LogP contribution in [0.25, 0.3) is 0 Å². The lowest BCUT2D eigenvalue weighted by Crippen LogP contribution is -2.14. The Morgan fingerprint density at radius 3 is 2.65 bits per heavy atom. The van der Waals surface area contributed by atoms with Crippen molar-refractivity contribution in [3.8, 4) is 0 Å². The van der Waals surface area contributed by atoms with E-state index in [1.54, 1.807) is 18.5 Å². The molecule has 1 aromatic heterocycles. The van der Waals surface area contributed by atoms with Crippen LogP contribution in [0.5, 0.6) is 0 Å². The zero-order valence-corrected chi connectivity index (χ0v) is 10.6. The van der Waals surface area contributed by atoms with Gasteiger partial charge in [0.25, 0.3) is 0 Å². The smallest absolute Gasteiger partial charge is 0.0630 e. The molecule has 0 radical (unpaired) electrons. The van der Waals surface area contributed by atoms with E-state index in [1.165, 1.54) is 0 Å². The minimum atomic E-state index is 0.0231. The zero-order chi connectivity index (χ0) is 12.3. The molecule has 2 N–H and O–H groups in total. The van der Waals surface area contributed by atoms with Gasteiger partial charge in [0.05, 0.1) is 10.0 Å². The minimum Gasteiger partial charge on any atom is -0.330 e. The molecule has 1 heterocycles. The summed E-state index contributed by atoms with van der Waals surface area (Å²) >= 11 is 12.2. The van der Waals surface area contributed by atoms with Crippen molar-refractivity contribution in [2.45, 2.75) is 5.92 Å². The predicted octanol–water partition coefficient (Wildman–Crippen LogP) is 3.48. The van der Waals surface area contributed by atoms with Crippen molar-refractivity contribution < 1.29 is 0 Å². The molecule has 0 aliphatic carbocycles. The molecule has 0 bridgehead atoms. The average molecular weight is 267 g/mol. The first-order valence-electron chi connectivity index (χ1n) is 5.28. The van der Waals surface area contributed by atoms with Gasteiger partial charge in [0, 0.05) is 24.9 Å². The summed E-state index contributed by atoms with van der Waals surface area (Å²) in [6, 6.07) is 9.46. The molecule has 1 aromatic carbocycles. The lowest BCUT2D eigenvalue weighted by molar-refractivity contribution is 0.814. The van der Waals surface area contributed by atoms with Gasteiger partial charge in [-0.05, 0) is 23.3 Å². The summed E-state index contributed by atoms with van der Waals surface area (Å²) in [5.74, 6) is 0.0231. The lowest BCUT2D eigenvalue weighted by Gasteiger charge is -2.17. The Morgan fingerprint density at radius 2 is 2.00 bits per heavy atom. The summed E-state index contributed by atoms with van der Waals surface area (Å²) < 4.78 is 0. The SMILES string of the molecule is NCC(c1cccnc1)c1cccc(Cl)c1Cl. The normalized spacial score (nSPS) is 12.4. The van der Waals surface area contributed by atoms with Gasteiger partial charge in [-0.25, -0.2) is 0 Å². The van der Waals surface area contributed by atoms with Gasteiger partial charge in [-0.1, -0.05) is 41.4 Å². The summed E-state index contributed by atoms with van der Waals surface area (Å²) in [6.45, 7) is 0.464. The third-order valence-electron chi connectivity index (χ3n) is 2.68. The minimum absolute atomic E-state index is 0.0231. The van der Waals surface area contributed by atoms with E-state index in [9.17, 15) is 0 Å². The van der Waals surface area contributed by atoms with E-state index in [4.69, 9.17) is 28.9 Å². The monoisotopic (exact) mass is 266 g/mol. The standard InChI is InChI=1S/C13H12Cl2N2/c14-12-5-1-4-10(13(12)15)11(7-16)9-3-2-6-17-8-9/h1-6,8,11H,7,16H2. The molecule has 1 unspecified atom stereocenters. The van der Waals surface area contributed by atoms with Crippen molar-refractivity contribution in [2.75, 3.05) is 6.54 Å². The predicted molar refractivity (Wildman–Crippen MR) is 71.6 cm³/mol. The number of rotatable bonds is 3. The van der Waals surface area contributed by atoms with Crippen LogP contribution in [0.2, 0.25) is 10.0 Å². The van der Waals surface area contributed by atoms with Crippen LogP contribution in [0.15, 0.2) is 42.7 Å². The zero-order valence-electron chi connectivity index (χ0n) is 9.11. The number of hydrogen-bond donors (Lipinski definition) is 1. The fourth-order valence-corrected chi connectivity index (χ4v) is 2.25. The van der Waals surface area contributed by atoms with Gasteiger partial charge < -0.3 is 5.73 Å². The van der Waals surface area contributed by atoms with Crippen LogP contribution in [0.1, 0.15) is 17.0 Å². The van der Waals surface area contributed by atoms with E-state index < -0.39 is 0 Å². The molecule has 2 nitrogen and oxygen atoms in total. The molecular formula is C13H12Cl2N2. The Labute approximate surface area is 110 Å². The molecule has 17 heavy (non-hydrogen) atoms. The van der Waals surface area contributed by atoms with Crippen molar-refractivity contribution in [3.63, 3.8) is 0 Å². The van der Waals surface area contributed by atoms with Crippen LogP contribution < -0.4 is 5.73 Å².